The Kier molecular flexibility index (Phi) is 6.99. The highest BCUT2D eigenvalue weighted by Gasteiger charge is 2.23. The summed E-state index contributed by atoms with van der Waals surface area (Å²) >= 11 is 2.81. The maximum Gasteiger partial charge on any atom is 0.339 e. The second-order valence-corrected chi connectivity index (χ2v) is 9.77. The molecule has 0 atom stereocenters. The van der Waals surface area contributed by atoms with Crippen LogP contribution in [0.25, 0.3) is 10.2 Å². The second-order valence-electron chi connectivity index (χ2n) is 7.74. The molecule has 7 nitrogen and oxygen atoms in total. The molecule has 0 saturated heterocycles. The summed E-state index contributed by atoms with van der Waals surface area (Å²) in [7, 11) is 2.92. The SMILES string of the molecule is C=CCn1c(SCC(=O)N(C)c2ccccc2C(=O)OC)nc2sc3c(c2c1=O)CCCC3. The van der Waals surface area contributed by atoms with Crippen LogP contribution >= 0.6 is 23.1 Å². The predicted molar refractivity (Wildman–Crippen MR) is 133 cm³/mol. The van der Waals surface area contributed by atoms with Gasteiger partial charge in [-0.3, -0.25) is 14.2 Å². The van der Waals surface area contributed by atoms with Gasteiger partial charge in [0.05, 0.1) is 29.5 Å². The third kappa shape index (κ3) is 4.47. The zero-order valence-electron chi connectivity index (χ0n) is 18.6. The van der Waals surface area contributed by atoms with E-state index in [4.69, 9.17) is 9.72 Å². The van der Waals surface area contributed by atoms with Crippen LogP contribution in [-0.4, -0.2) is 41.3 Å². The summed E-state index contributed by atoms with van der Waals surface area (Å²) in [6, 6.07) is 6.79. The number of amides is 1. The van der Waals surface area contributed by atoms with Crippen molar-refractivity contribution in [2.24, 2.45) is 0 Å². The maximum absolute atomic E-state index is 13.3. The standard InChI is InChI=1S/C24H25N3O4S2/c1-4-13-27-22(29)20-16-10-6-8-12-18(16)33-21(20)25-24(27)32-14-19(28)26(2)17-11-7-5-9-15(17)23(30)31-3/h4-5,7,9,11H,1,6,8,10,12-14H2,2-3H3. The number of fused-ring (bicyclic) bond motifs is 3. The topological polar surface area (TPSA) is 81.5 Å². The Bertz CT molecular complexity index is 1290. The molecule has 1 amide bonds. The molecule has 0 spiro atoms. The predicted octanol–water partition coefficient (Wildman–Crippen LogP) is 4.06. The summed E-state index contributed by atoms with van der Waals surface area (Å²) in [5.41, 5.74) is 1.85. The van der Waals surface area contributed by atoms with E-state index >= 15 is 0 Å². The molecular weight excluding hydrogens is 458 g/mol. The number of carbonyl (C=O) groups is 2. The third-order valence-corrected chi connectivity index (χ3v) is 7.87. The molecule has 172 valence electrons. The minimum absolute atomic E-state index is 0.0617. The average molecular weight is 484 g/mol. The molecule has 3 aromatic rings. The molecule has 9 heteroatoms. The van der Waals surface area contributed by atoms with Gasteiger partial charge in [0.15, 0.2) is 5.16 Å². The van der Waals surface area contributed by atoms with Gasteiger partial charge in [-0.05, 0) is 43.4 Å². The first kappa shape index (κ1) is 23.3. The van der Waals surface area contributed by atoms with Crippen LogP contribution in [0.5, 0.6) is 0 Å². The number of carbonyl (C=O) groups excluding carboxylic acids is 2. The molecule has 0 radical (unpaired) electrons. The van der Waals surface area contributed by atoms with Crippen molar-refractivity contribution < 1.29 is 14.3 Å². The van der Waals surface area contributed by atoms with E-state index in [1.807, 2.05) is 0 Å². The first-order valence-electron chi connectivity index (χ1n) is 10.7. The van der Waals surface area contributed by atoms with E-state index in [0.717, 1.165) is 41.5 Å². The van der Waals surface area contributed by atoms with Crippen molar-refractivity contribution in [1.29, 1.82) is 0 Å². The molecule has 4 rings (SSSR count). The van der Waals surface area contributed by atoms with Crippen molar-refractivity contribution in [3.05, 3.63) is 63.3 Å². The van der Waals surface area contributed by atoms with Crippen LogP contribution in [0.2, 0.25) is 0 Å². The number of ether oxygens (including phenoxy) is 1. The number of anilines is 1. The molecule has 1 aromatic carbocycles. The number of allylic oxidation sites excluding steroid dienone is 1. The van der Waals surface area contributed by atoms with Crippen molar-refractivity contribution in [2.45, 2.75) is 37.4 Å². The van der Waals surface area contributed by atoms with Crippen LogP contribution in [0.15, 0.2) is 46.9 Å². The number of thioether (sulfide) groups is 1. The van der Waals surface area contributed by atoms with Crippen LogP contribution in [0.1, 0.15) is 33.6 Å². The number of esters is 1. The normalized spacial score (nSPS) is 12.9. The highest BCUT2D eigenvalue weighted by molar-refractivity contribution is 7.99. The fraction of sp³-hybridized carbons (Fsp3) is 0.333. The summed E-state index contributed by atoms with van der Waals surface area (Å²) in [4.78, 5) is 46.6. The van der Waals surface area contributed by atoms with Crippen LogP contribution in [-0.2, 0) is 28.9 Å². The van der Waals surface area contributed by atoms with Crippen molar-refractivity contribution in [1.82, 2.24) is 9.55 Å². The highest BCUT2D eigenvalue weighted by atomic mass is 32.2. The van der Waals surface area contributed by atoms with Crippen molar-refractivity contribution in [2.75, 3.05) is 24.8 Å². The van der Waals surface area contributed by atoms with Gasteiger partial charge < -0.3 is 9.64 Å². The number of para-hydroxylation sites is 1. The van der Waals surface area contributed by atoms with Crippen molar-refractivity contribution in [3.63, 3.8) is 0 Å². The maximum atomic E-state index is 13.3. The number of nitrogens with zero attached hydrogens (tertiary/aromatic N) is 3. The Morgan fingerprint density at radius 2 is 2.06 bits per heavy atom. The summed E-state index contributed by atoms with van der Waals surface area (Å²) in [5, 5.41) is 1.21. The molecule has 1 aliphatic carbocycles. The van der Waals surface area contributed by atoms with Gasteiger partial charge in [-0.25, -0.2) is 9.78 Å². The van der Waals surface area contributed by atoms with Gasteiger partial charge in [0, 0.05) is 18.5 Å². The van der Waals surface area contributed by atoms with Crippen molar-refractivity contribution in [3.8, 4) is 0 Å². The van der Waals surface area contributed by atoms with Gasteiger partial charge in [-0.1, -0.05) is 30.0 Å². The first-order chi connectivity index (χ1) is 16.0. The Morgan fingerprint density at radius 1 is 1.30 bits per heavy atom. The Labute approximate surface area is 200 Å². The first-order valence-corrected chi connectivity index (χ1v) is 12.5. The minimum Gasteiger partial charge on any atom is -0.465 e. The summed E-state index contributed by atoms with van der Waals surface area (Å²) in [6.45, 7) is 4.10. The lowest BCUT2D eigenvalue weighted by atomic mass is 9.97. The molecule has 0 unspecified atom stereocenters. The number of aromatic nitrogens is 2. The highest BCUT2D eigenvalue weighted by Crippen LogP contribution is 2.34. The van der Waals surface area contributed by atoms with Gasteiger partial charge >= 0.3 is 5.97 Å². The van der Waals surface area contributed by atoms with E-state index in [1.54, 1.807) is 53.3 Å². The van der Waals surface area contributed by atoms with Crippen LogP contribution in [0.4, 0.5) is 5.69 Å². The number of hydrogen-bond acceptors (Lipinski definition) is 7. The van der Waals surface area contributed by atoms with Gasteiger partial charge in [-0.2, -0.15) is 0 Å². The number of methoxy groups -OCH3 is 1. The lowest BCUT2D eigenvalue weighted by Crippen LogP contribution is -2.30. The fourth-order valence-electron chi connectivity index (χ4n) is 4.03. The third-order valence-electron chi connectivity index (χ3n) is 5.72. The van der Waals surface area contributed by atoms with Crippen LogP contribution < -0.4 is 10.5 Å². The largest absolute Gasteiger partial charge is 0.465 e. The molecule has 2 aromatic heterocycles. The zero-order chi connectivity index (χ0) is 23.5. The molecule has 0 fully saturated rings. The van der Waals surface area contributed by atoms with Gasteiger partial charge in [0.25, 0.3) is 5.56 Å². The number of rotatable bonds is 7. The average Bonchev–Trinajstić information content (AvgIpc) is 3.22. The Balaban J connectivity index is 1.62. The summed E-state index contributed by atoms with van der Waals surface area (Å²) < 4.78 is 6.42. The van der Waals surface area contributed by atoms with E-state index in [9.17, 15) is 14.4 Å². The van der Waals surface area contributed by atoms with Gasteiger partial charge in [-0.15, -0.1) is 17.9 Å². The molecule has 33 heavy (non-hydrogen) atoms. The molecule has 0 saturated carbocycles. The molecule has 0 N–H and O–H groups in total. The lowest BCUT2D eigenvalue weighted by molar-refractivity contribution is -0.115. The van der Waals surface area contributed by atoms with E-state index in [0.29, 0.717) is 23.0 Å². The van der Waals surface area contributed by atoms with E-state index in [-0.39, 0.29) is 17.2 Å². The monoisotopic (exact) mass is 483 g/mol. The van der Waals surface area contributed by atoms with Crippen molar-refractivity contribution >= 4 is 50.9 Å². The van der Waals surface area contributed by atoms with E-state index < -0.39 is 5.97 Å². The minimum atomic E-state index is -0.508. The number of thiophene rings is 1. The number of hydrogen-bond donors (Lipinski definition) is 0. The fourth-order valence-corrected chi connectivity index (χ4v) is 6.25. The van der Waals surface area contributed by atoms with E-state index in [1.165, 1.54) is 28.6 Å². The lowest BCUT2D eigenvalue weighted by Gasteiger charge is -2.20. The quantitative estimate of drug-likeness (QED) is 0.218. The van der Waals surface area contributed by atoms with Crippen LogP contribution in [0.3, 0.4) is 0 Å². The molecule has 2 heterocycles. The number of aryl methyl sites for hydroxylation is 2. The molecular formula is C24H25N3O4S2. The number of benzene rings is 1. The molecule has 0 aliphatic heterocycles. The van der Waals surface area contributed by atoms with E-state index in [2.05, 4.69) is 6.58 Å². The van der Waals surface area contributed by atoms with Crippen LogP contribution in [0, 0.1) is 0 Å². The second kappa shape index (κ2) is 9.93. The Morgan fingerprint density at radius 3 is 2.82 bits per heavy atom. The summed E-state index contributed by atoms with van der Waals surface area (Å²) in [6.07, 6.45) is 5.79. The molecule has 0 bridgehead atoms. The van der Waals surface area contributed by atoms with Gasteiger partial charge in [0.2, 0.25) is 5.91 Å². The summed E-state index contributed by atoms with van der Waals surface area (Å²) in [5.74, 6) is -0.667. The Hall–Kier alpha value is -2.91. The molecule has 1 aliphatic rings. The zero-order valence-corrected chi connectivity index (χ0v) is 20.3. The smallest absolute Gasteiger partial charge is 0.339 e. The van der Waals surface area contributed by atoms with Gasteiger partial charge in [0.1, 0.15) is 4.83 Å².